The zero-order valence-corrected chi connectivity index (χ0v) is 25.8. The minimum absolute atomic E-state index is 0.0173. The Kier molecular flexibility index (Phi) is 11.8. The second-order valence-corrected chi connectivity index (χ2v) is 12.1. The number of carbonyl (C=O) groups is 2. The summed E-state index contributed by atoms with van der Waals surface area (Å²) in [6.07, 6.45) is 0.344. The molecule has 0 spiro atoms. The normalized spacial score (nSPS) is 12.0. The summed E-state index contributed by atoms with van der Waals surface area (Å²) in [4.78, 5) is 28.9. The van der Waals surface area contributed by atoms with Crippen molar-refractivity contribution in [2.24, 2.45) is 5.92 Å². The lowest BCUT2D eigenvalue weighted by Crippen LogP contribution is -2.52. The van der Waals surface area contributed by atoms with Gasteiger partial charge in [0.1, 0.15) is 24.1 Å². The molecule has 226 valence electrons. The molecule has 42 heavy (non-hydrogen) atoms. The molecule has 0 aromatic heterocycles. The molecular weight excluding hydrogens is 554 g/mol. The molecule has 10 heteroatoms. The molecule has 3 aromatic carbocycles. The van der Waals surface area contributed by atoms with Crippen LogP contribution in [0, 0.1) is 5.92 Å². The van der Waals surface area contributed by atoms with E-state index < -0.39 is 28.5 Å². The zero-order valence-electron chi connectivity index (χ0n) is 24.9. The predicted octanol–water partition coefficient (Wildman–Crippen LogP) is 4.87. The van der Waals surface area contributed by atoms with Crippen molar-refractivity contribution in [1.29, 1.82) is 0 Å². The fourth-order valence-electron chi connectivity index (χ4n) is 4.43. The molecule has 3 aromatic rings. The van der Waals surface area contributed by atoms with Crippen molar-refractivity contribution in [2.45, 2.75) is 51.6 Å². The second-order valence-electron chi connectivity index (χ2n) is 10.2. The Bertz CT molecular complexity index is 1410. The quantitative estimate of drug-likeness (QED) is 0.269. The van der Waals surface area contributed by atoms with Crippen molar-refractivity contribution in [2.75, 3.05) is 31.1 Å². The van der Waals surface area contributed by atoms with Crippen LogP contribution in [0.2, 0.25) is 0 Å². The lowest BCUT2D eigenvalue weighted by atomic mass is 10.1. The number of sulfonamides is 1. The van der Waals surface area contributed by atoms with Crippen LogP contribution in [-0.4, -0.2) is 58.0 Å². The van der Waals surface area contributed by atoms with E-state index in [4.69, 9.17) is 9.47 Å². The van der Waals surface area contributed by atoms with Crippen LogP contribution in [0.15, 0.2) is 83.8 Å². The van der Waals surface area contributed by atoms with E-state index in [-0.39, 0.29) is 23.3 Å². The SMILES string of the molecule is CCOc1ccc(S(=O)(=O)N(CC(=O)N(Cc2cccc(OC)c2)C(CC)C(=O)NCC(C)C)c2ccccc2)cc1. The number of benzene rings is 3. The van der Waals surface area contributed by atoms with Crippen LogP contribution in [0.1, 0.15) is 39.7 Å². The van der Waals surface area contributed by atoms with Crippen LogP contribution in [-0.2, 0) is 26.2 Å². The largest absolute Gasteiger partial charge is 0.497 e. The highest BCUT2D eigenvalue weighted by Gasteiger charge is 2.33. The number of amides is 2. The van der Waals surface area contributed by atoms with Gasteiger partial charge in [-0.05, 0) is 73.4 Å². The lowest BCUT2D eigenvalue weighted by Gasteiger charge is -2.33. The third-order valence-corrected chi connectivity index (χ3v) is 8.39. The first kappa shape index (κ1) is 32.5. The highest BCUT2D eigenvalue weighted by atomic mass is 32.2. The van der Waals surface area contributed by atoms with Crippen LogP contribution >= 0.6 is 0 Å². The molecule has 0 radical (unpaired) electrons. The summed E-state index contributed by atoms with van der Waals surface area (Å²) in [7, 11) is -2.61. The van der Waals surface area contributed by atoms with Crippen molar-refractivity contribution in [1.82, 2.24) is 10.2 Å². The molecule has 3 rings (SSSR count). The molecule has 1 atom stereocenters. The molecule has 0 bridgehead atoms. The van der Waals surface area contributed by atoms with Gasteiger partial charge < -0.3 is 19.7 Å². The minimum Gasteiger partial charge on any atom is -0.497 e. The van der Waals surface area contributed by atoms with Crippen molar-refractivity contribution in [3.8, 4) is 11.5 Å². The zero-order chi connectivity index (χ0) is 30.7. The highest BCUT2D eigenvalue weighted by molar-refractivity contribution is 7.92. The van der Waals surface area contributed by atoms with E-state index >= 15 is 0 Å². The second kappa shape index (κ2) is 15.3. The molecule has 0 heterocycles. The van der Waals surface area contributed by atoms with Gasteiger partial charge in [0.15, 0.2) is 0 Å². The van der Waals surface area contributed by atoms with Crippen molar-refractivity contribution < 1.29 is 27.5 Å². The molecule has 1 N–H and O–H groups in total. The number of hydrogen-bond acceptors (Lipinski definition) is 6. The standard InChI is InChI=1S/C32H41N3O6S/c1-6-30(32(37)33-21-24(3)4)34(22-25-12-11-15-28(20-25)40-5)31(36)23-35(26-13-9-8-10-14-26)42(38,39)29-18-16-27(17-19-29)41-7-2/h8-20,24,30H,6-7,21-23H2,1-5H3,(H,33,37). The first-order chi connectivity index (χ1) is 20.1. The third-order valence-electron chi connectivity index (χ3n) is 6.60. The summed E-state index contributed by atoms with van der Waals surface area (Å²) in [5.74, 6) is 0.579. The molecule has 0 aliphatic heterocycles. The Labute approximate surface area is 249 Å². The molecule has 0 saturated heterocycles. The number of nitrogens with one attached hydrogen (secondary N) is 1. The molecule has 9 nitrogen and oxygen atoms in total. The summed E-state index contributed by atoms with van der Waals surface area (Å²) >= 11 is 0. The smallest absolute Gasteiger partial charge is 0.264 e. The monoisotopic (exact) mass is 595 g/mol. The fourth-order valence-corrected chi connectivity index (χ4v) is 5.85. The van der Waals surface area contributed by atoms with Crippen LogP contribution in [0.3, 0.4) is 0 Å². The van der Waals surface area contributed by atoms with Crippen LogP contribution in [0.5, 0.6) is 11.5 Å². The van der Waals surface area contributed by atoms with E-state index in [2.05, 4.69) is 5.32 Å². The number of carbonyl (C=O) groups excluding carboxylic acids is 2. The summed E-state index contributed by atoms with van der Waals surface area (Å²) in [5, 5.41) is 2.93. The Morgan fingerprint density at radius 1 is 0.905 bits per heavy atom. The van der Waals surface area contributed by atoms with Gasteiger partial charge in [-0.1, -0.05) is 51.1 Å². The lowest BCUT2D eigenvalue weighted by molar-refractivity contribution is -0.140. The van der Waals surface area contributed by atoms with E-state index in [9.17, 15) is 18.0 Å². The van der Waals surface area contributed by atoms with Crippen LogP contribution < -0.4 is 19.1 Å². The number of anilines is 1. The average molecular weight is 596 g/mol. The maximum absolute atomic E-state index is 14.1. The van der Waals surface area contributed by atoms with Crippen molar-refractivity contribution in [3.05, 3.63) is 84.4 Å². The molecule has 0 aliphatic carbocycles. The fraction of sp³-hybridized carbons (Fsp3) is 0.375. The number of ether oxygens (including phenoxy) is 2. The van der Waals surface area contributed by atoms with Gasteiger partial charge in [-0.25, -0.2) is 8.42 Å². The van der Waals surface area contributed by atoms with Crippen molar-refractivity contribution >= 4 is 27.5 Å². The molecule has 0 saturated carbocycles. The Morgan fingerprint density at radius 2 is 1.60 bits per heavy atom. The molecule has 0 fully saturated rings. The summed E-state index contributed by atoms with van der Waals surface area (Å²) in [5.41, 5.74) is 1.08. The van der Waals surface area contributed by atoms with Gasteiger partial charge in [-0.3, -0.25) is 13.9 Å². The summed E-state index contributed by atoms with van der Waals surface area (Å²) in [6.45, 7) is 8.15. The first-order valence-electron chi connectivity index (χ1n) is 14.1. The first-order valence-corrected chi connectivity index (χ1v) is 15.5. The van der Waals surface area contributed by atoms with E-state index in [1.807, 2.05) is 39.8 Å². The van der Waals surface area contributed by atoms with Crippen LogP contribution in [0.25, 0.3) is 0 Å². The summed E-state index contributed by atoms with van der Waals surface area (Å²) < 4.78 is 39.9. The summed E-state index contributed by atoms with van der Waals surface area (Å²) in [6, 6.07) is 21.0. The van der Waals surface area contributed by atoms with E-state index in [0.717, 1.165) is 9.87 Å². The van der Waals surface area contributed by atoms with Gasteiger partial charge in [0.2, 0.25) is 11.8 Å². The molecule has 1 unspecified atom stereocenters. The van der Waals surface area contributed by atoms with Gasteiger partial charge >= 0.3 is 0 Å². The number of para-hydroxylation sites is 1. The number of rotatable bonds is 15. The molecule has 0 aliphatic rings. The topological polar surface area (TPSA) is 105 Å². The van der Waals surface area contributed by atoms with Gasteiger partial charge in [0.05, 0.1) is 24.3 Å². The third kappa shape index (κ3) is 8.48. The molecular formula is C32H41N3O6S. The average Bonchev–Trinajstić information content (AvgIpc) is 2.99. The minimum atomic E-state index is -4.16. The number of nitrogens with zero attached hydrogens (tertiary/aromatic N) is 2. The molecule has 2 amide bonds. The van der Waals surface area contributed by atoms with Gasteiger partial charge in [0.25, 0.3) is 10.0 Å². The Morgan fingerprint density at radius 3 is 2.19 bits per heavy atom. The van der Waals surface area contributed by atoms with Crippen LogP contribution in [0.4, 0.5) is 5.69 Å². The van der Waals surface area contributed by atoms with Gasteiger partial charge in [0, 0.05) is 13.1 Å². The maximum atomic E-state index is 14.1. The van der Waals surface area contributed by atoms with E-state index in [1.165, 1.54) is 17.0 Å². The Balaban J connectivity index is 2.02. The predicted molar refractivity (Wildman–Crippen MR) is 164 cm³/mol. The Hall–Kier alpha value is -4.05. The number of methoxy groups -OCH3 is 1. The van der Waals surface area contributed by atoms with Gasteiger partial charge in [-0.2, -0.15) is 0 Å². The van der Waals surface area contributed by atoms with Crippen molar-refractivity contribution in [3.63, 3.8) is 0 Å². The van der Waals surface area contributed by atoms with Gasteiger partial charge in [-0.15, -0.1) is 0 Å². The van der Waals surface area contributed by atoms with E-state index in [1.54, 1.807) is 61.7 Å². The van der Waals surface area contributed by atoms with E-state index in [0.29, 0.717) is 36.8 Å². The number of hydrogen-bond donors (Lipinski definition) is 1. The highest BCUT2D eigenvalue weighted by Crippen LogP contribution is 2.26. The maximum Gasteiger partial charge on any atom is 0.264 e.